The number of piperazine rings is 1. The van der Waals surface area contributed by atoms with Gasteiger partial charge in [-0.3, -0.25) is 9.59 Å². The minimum absolute atomic E-state index is 0.122. The van der Waals surface area contributed by atoms with Crippen molar-refractivity contribution in [1.82, 2.24) is 9.80 Å². The average Bonchev–Trinajstić information content (AvgIpc) is 2.65. The third kappa shape index (κ3) is 3.77. The van der Waals surface area contributed by atoms with Crippen LogP contribution >= 0.6 is 0 Å². The Hall–Kier alpha value is -2.58. The van der Waals surface area contributed by atoms with Crippen molar-refractivity contribution in [3.05, 3.63) is 23.3 Å². The van der Waals surface area contributed by atoms with Gasteiger partial charge < -0.3 is 29.5 Å². The first-order chi connectivity index (χ1) is 12.9. The zero-order valence-corrected chi connectivity index (χ0v) is 15.5. The van der Waals surface area contributed by atoms with Crippen LogP contribution < -0.4 is 9.47 Å². The standard InChI is InChI=1S/C19H24N2O6/c1-20-7-9-21(10-8-20)6-3-11-27-19-17(25)15-13(23)5-4-12(22)14(15)16(24)18(19)26-2/h4-5,24-25H,3,6-11H2,1-2H3. The number of likely N-dealkylation sites (N-methyl/N-ethyl adjacent to an activating group) is 1. The molecule has 0 unspecified atom stereocenters. The normalized spacial score (nSPS) is 17.9. The van der Waals surface area contributed by atoms with Gasteiger partial charge in [0.1, 0.15) is 0 Å². The fraction of sp³-hybridized carbons (Fsp3) is 0.474. The number of allylic oxidation sites excluding steroid dienone is 2. The van der Waals surface area contributed by atoms with Crippen molar-refractivity contribution < 1.29 is 29.3 Å². The lowest BCUT2D eigenvalue weighted by Crippen LogP contribution is -2.44. The fourth-order valence-corrected chi connectivity index (χ4v) is 3.33. The lowest BCUT2D eigenvalue weighted by molar-refractivity contribution is 0.0987. The van der Waals surface area contributed by atoms with Crippen LogP contribution in [-0.2, 0) is 0 Å². The summed E-state index contributed by atoms with van der Waals surface area (Å²) in [5.74, 6) is -2.39. The highest BCUT2D eigenvalue weighted by Gasteiger charge is 2.33. The summed E-state index contributed by atoms with van der Waals surface area (Å²) in [6.07, 6.45) is 2.82. The Kier molecular flexibility index (Phi) is 5.67. The summed E-state index contributed by atoms with van der Waals surface area (Å²) in [6, 6.07) is 0. The van der Waals surface area contributed by atoms with E-state index in [1.54, 1.807) is 0 Å². The lowest BCUT2D eigenvalue weighted by atomic mass is 9.92. The zero-order valence-electron chi connectivity index (χ0n) is 15.5. The molecule has 8 heteroatoms. The number of methoxy groups -OCH3 is 1. The van der Waals surface area contributed by atoms with Crippen LogP contribution in [0, 0.1) is 0 Å². The van der Waals surface area contributed by atoms with Crippen LogP contribution in [0.2, 0.25) is 0 Å². The van der Waals surface area contributed by atoms with Crippen molar-refractivity contribution in [1.29, 1.82) is 0 Å². The highest BCUT2D eigenvalue weighted by Crippen LogP contribution is 2.49. The van der Waals surface area contributed by atoms with E-state index in [0.29, 0.717) is 6.42 Å². The number of hydrogen-bond acceptors (Lipinski definition) is 8. The first-order valence-corrected chi connectivity index (χ1v) is 8.90. The van der Waals surface area contributed by atoms with E-state index in [4.69, 9.17) is 9.47 Å². The summed E-state index contributed by atoms with van der Waals surface area (Å²) in [6.45, 7) is 5.15. The quantitative estimate of drug-likeness (QED) is 0.562. The second-order valence-electron chi connectivity index (χ2n) is 6.72. The van der Waals surface area contributed by atoms with Gasteiger partial charge in [0.05, 0.1) is 24.8 Å². The van der Waals surface area contributed by atoms with E-state index in [9.17, 15) is 19.8 Å². The maximum Gasteiger partial charge on any atom is 0.208 e. The second-order valence-corrected chi connectivity index (χ2v) is 6.72. The number of carbonyl (C=O) groups excluding carboxylic acids is 2. The van der Waals surface area contributed by atoms with Crippen LogP contribution in [0.1, 0.15) is 27.1 Å². The van der Waals surface area contributed by atoms with Gasteiger partial charge in [-0.15, -0.1) is 0 Å². The predicted octanol–water partition coefficient (Wildman–Crippen LogP) is 1.06. The van der Waals surface area contributed by atoms with Crippen molar-refractivity contribution in [2.75, 3.05) is 53.5 Å². The molecule has 27 heavy (non-hydrogen) atoms. The number of nitrogens with zero attached hydrogens (tertiary/aromatic N) is 2. The summed E-state index contributed by atoms with van der Waals surface area (Å²) >= 11 is 0. The molecule has 3 rings (SSSR count). The molecule has 1 fully saturated rings. The van der Waals surface area contributed by atoms with Crippen LogP contribution in [0.5, 0.6) is 23.0 Å². The molecule has 0 atom stereocenters. The van der Waals surface area contributed by atoms with Gasteiger partial charge in [0.25, 0.3) is 0 Å². The number of ketones is 2. The molecule has 0 amide bonds. The average molecular weight is 376 g/mol. The number of benzene rings is 1. The number of ether oxygens (including phenoxy) is 2. The minimum atomic E-state index is -0.572. The van der Waals surface area contributed by atoms with Crippen molar-refractivity contribution >= 4 is 11.6 Å². The molecule has 146 valence electrons. The van der Waals surface area contributed by atoms with Gasteiger partial charge in [0, 0.05) is 32.7 Å². The maximum atomic E-state index is 12.1. The Balaban J connectivity index is 1.74. The monoisotopic (exact) mass is 376 g/mol. The van der Waals surface area contributed by atoms with Gasteiger partial charge >= 0.3 is 0 Å². The van der Waals surface area contributed by atoms with Crippen molar-refractivity contribution in [3.8, 4) is 23.0 Å². The number of hydrogen-bond donors (Lipinski definition) is 2. The van der Waals surface area contributed by atoms with Gasteiger partial charge in [-0.05, 0) is 25.6 Å². The molecule has 2 N–H and O–H groups in total. The molecule has 8 nitrogen and oxygen atoms in total. The van der Waals surface area contributed by atoms with Crippen LogP contribution in [0.4, 0.5) is 0 Å². The van der Waals surface area contributed by atoms with E-state index < -0.39 is 23.1 Å². The topological polar surface area (TPSA) is 99.5 Å². The van der Waals surface area contributed by atoms with E-state index in [0.717, 1.165) is 44.9 Å². The first-order valence-electron chi connectivity index (χ1n) is 8.90. The van der Waals surface area contributed by atoms with E-state index >= 15 is 0 Å². The van der Waals surface area contributed by atoms with Crippen molar-refractivity contribution in [2.45, 2.75) is 6.42 Å². The predicted molar refractivity (Wildman–Crippen MR) is 98.2 cm³/mol. The van der Waals surface area contributed by atoms with Gasteiger partial charge in [-0.25, -0.2) is 0 Å². The number of rotatable bonds is 6. The third-order valence-corrected chi connectivity index (χ3v) is 4.90. The molecule has 0 spiro atoms. The van der Waals surface area contributed by atoms with E-state index in [2.05, 4.69) is 16.8 Å². The number of phenols is 2. The molecule has 1 aromatic rings. The van der Waals surface area contributed by atoms with Gasteiger partial charge in [-0.2, -0.15) is 0 Å². The second kappa shape index (κ2) is 7.98. The summed E-state index contributed by atoms with van der Waals surface area (Å²) in [4.78, 5) is 28.7. The van der Waals surface area contributed by atoms with Gasteiger partial charge in [-0.1, -0.05) is 0 Å². The van der Waals surface area contributed by atoms with Gasteiger partial charge in [0.2, 0.25) is 11.5 Å². The molecule has 0 radical (unpaired) electrons. The fourth-order valence-electron chi connectivity index (χ4n) is 3.33. The van der Waals surface area contributed by atoms with Gasteiger partial charge in [0.15, 0.2) is 23.1 Å². The number of phenolic OH excluding ortho intramolecular Hbond substituents is 2. The molecular formula is C19H24N2O6. The van der Waals surface area contributed by atoms with Crippen LogP contribution in [0.25, 0.3) is 0 Å². The third-order valence-electron chi connectivity index (χ3n) is 4.90. The van der Waals surface area contributed by atoms with E-state index in [1.165, 1.54) is 7.11 Å². The summed E-state index contributed by atoms with van der Waals surface area (Å²) in [7, 11) is 3.39. The van der Waals surface area contributed by atoms with Crippen LogP contribution in [-0.4, -0.2) is 85.1 Å². The Morgan fingerprint density at radius 1 is 0.963 bits per heavy atom. The smallest absolute Gasteiger partial charge is 0.208 e. The molecule has 1 aromatic carbocycles. The summed E-state index contributed by atoms with van der Waals surface area (Å²) in [5, 5.41) is 20.9. The summed E-state index contributed by atoms with van der Waals surface area (Å²) < 4.78 is 10.8. The van der Waals surface area contributed by atoms with Crippen molar-refractivity contribution in [3.63, 3.8) is 0 Å². The maximum absolute atomic E-state index is 12.1. The number of aromatic hydroxyl groups is 2. The SMILES string of the molecule is COc1c(O)c2c(c(O)c1OCCCN1CCN(C)CC1)C(=O)C=CC2=O. The van der Waals surface area contributed by atoms with E-state index in [1.807, 2.05) is 0 Å². The van der Waals surface area contributed by atoms with Crippen molar-refractivity contribution in [2.24, 2.45) is 0 Å². The largest absolute Gasteiger partial charge is 0.504 e. The molecular weight excluding hydrogens is 352 g/mol. The highest BCUT2D eigenvalue weighted by atomic mass is 16.5. The molecule has 0 bridgehead atoms. The zero-order chi connectivity index (χ0) is 19.6. The molecule has 1 heterocycles. The minimum Gasteiger partial charge on any atom is -0.504 e. The van der Waals surface area contributed by atoms with Crippen LogP contribution in [0.3, 0.4) is 0 Å². The number of carbonyl (C=O) groups is 2. The number of fused-ring (bicyclic) bond motifs is 1. The van der Waals surface area contributed by atoms with E-state index in [-0.39, 0.29) is 29.2 Å². The molecule has 0 aromatic heterocycles. The highest BCUT2D eigenvalue weighted by molar-refractivity contribution is 6.25. The molecule has 1 aliphatic carbocycles. The Bertz CT molecular complexity index is 781. The Labute approximate surface area is 157 Å². The molecule has 0 saturated carbocycles. The molecule has 1 aliphatic heterocycles. The Morgan fingerprint density at radius 3 is 2.07 bits per heavy atom. The first kappa shape index (κ1) is 19.2. The Morgan fingerprint density at radius 2 is 1.52 bits per heavy atom. The van der Waals surface area contributed by atoms with Crippen LogP contribution in [0.15, 0.2) is 12.2 Å². The summed E-state index contributed by atoms with van der Waals surface area (Å²) in [5.41, 5.74) is -0.517. The molecule has 2 aliphatic rings. The molecule has 1 saturated heterocycles. The lowest BCUT2D eigenvalue weighted by Gasteiger charge is -2.32.